The Morgan fingerprint density at radius 3 is 2.41 bits per heavy atom. The molecule has 0 aliphatic heterocycles. The van der Waals surface area contributed by atoms with Gasteiger partial charge in [-0.2, -0.15) is 13.2 Å². The average Bonchev–Trinajstić information content (AvgIpc) is 2.81. The lowest BCUT2D eigenvalue weighted by molar-refractivity contribution is -0.154. The molecule has 1 unspecified atom stereocenters. The number of carbonyl (C=O) groups is 1. The number of urea groups is 1. The number of carbonyl (C=O) groups excluding carboxylic acids is 1. The molecule has 0 radical (unpaired) electrons. The summed E-state index contributed by atoms with van der Waals surface area (Å²) in [5.41, 5.74) is -0.291. The van der Waals surface area contributed by atoms with Crippen molar-refractivity contribution in [3.05, 3.63) is 47.5 Å². The van der Waals surface area contributed by atoms with Gasteiger partial charge in [0, 0.05) is 6.07 Å². The SMILES string of the molecule is Cc1cc(NC(=O)NC(c2ccc(F)cc2)C(F)(F)F)no1. The summed E-state index contributed by atoms with van der Waals surface area (Å²) in [6, 6.07) is 1.63. The van der Waals surface area contributed by atoms with E-state index < -0.39 is 24.1 Å². The van der Waals surface area contributed by atoms with Crippen LogP contribution in [0.4, 0.5) is 28.2 Å². The molecule has 2 amide bonds. The molecule has 1 aromatic heterocycles. The third kappa shape index (κ3) is 3.96. The van der Waals surface area contributed by atoms with Crippen LogP contribution in [0.2, 0.25) is 0 Å². The molecule has 0 bridgehead atoms. The van der Waals surface area contributed by atoms with Crippen molar-refractivity contribution in [2.45, 2.75) is 19.1 Å². The molecule has 9 heteroatoms. The maximum Gasteiger partial charge on any atom is 0.412 e. The van der Waals surface area contributed by atoms with Crippen molar-refractivity contribution in [3.63, 3.8) is 0 Å². The second kappa shape index (κ2) is 6.04. The van der Waals surface area contributed by atoms with Gasteiger partial charge in [-0.3, -0.25) is 5.32 Å². The topological polar surface area (TPSA) is 67.2 Å². The predicted molar refractivity (Wildman–Crippen MR) is 68.6 cm³/mol. The largest absolute Gasteiger partial charge is 0.412 e. The molecule has 1 heterocycles. The summed E-state index contributed by atoms with van der Waals surface area (Å²) >= 11 is 0. The van der Waals surface area contributed by atoms with E-state index in [1.807, 2.05) is 0 Å². The second-order valence-electron chi connectivity index (χ2n) is 4.45. The van der Waals surface area contributed by atoms with E-state index >= 15 is 0 Å². The molecular weight excluding hydrogens is 306 g/mol. The number of nitrogens with zero attached hydrogens (tertiary/aromatic N) is 1. The van der Waals surface area contributed by atoms with Crippen LogP contribution in [0.3, 0.4) is 0 Å². The molecule has 0 spiro atoms. The minimum absolute atomic E-state index is 0.0185. The molecule has 2 rings (SSSR count). The number of benzene rings is 1. The van der Waals surface area contributed by atoms with Gasteiger partial charge in [0.25, 0.3) is 0 Å². The second-order valence-corrected chi connectivity index (χ2v) is 4.45. The van der Waals surface area contributed by atoms with Crippen molar-refractivity contribution in [2.75, 3.05) is 5.32 Å². The summed E-state index contributed by atoms with van der Waals surface area (Å²) in [7, 11) is 0. The molecular formula is C13H11F4N3O2. The van der Waals surface area contributed by atoms with Crippen molar-refractivity contribution >= 4 is 11.8 Å². The monoisotopic (exact) mass is 317 g/mol. The third-order valence-electron chi connectivity index (χ3n) is 2.68. The number of hydrogen-bond acceptors (Lipinski definition) is 3. The van der Waals surface area contributed by atoms with Crippen molar-refractivity contribution in [3.8, 4) is 0 Å². The molecule has 22 heavy (non-hydrogen) atoms. The van der Waals surface area contributed by atoms with Crippen LogP contribution in [0, 0.1) is 12.7 Å². The van der Waals surface area contributed by atoms with Crippen LogP contribution in [0.5, 0.6) is 0 Å². The molecule has 118 valence electrons. The fraction of sp³-hybridized carbons (Fsp3) is 0.231. The van der Waals surface area contributed by atoms with Gasteiger partial charge < -0.3 is 9.84 Å². The van der Waals surface area contributed by atoms with E-state index in [0.29, 0.717) is 5.76 Å². The van der Waals surface area contributed by atoms with Crippen LogP contribution in [-0.2, 0) is 0 Å². The molecule has 0 fully saturated rings. The average molecular weight is 317 g/mol. The maximum atomic E-state index is 13.0. The summed E-state index contributed by atoms with van der Waals surface area (Å²) in [6.07, 6.45) is -4.74. The summed E-state index contributed by atoms with van der Waals surface area (Å²) in [5, 5.41) is 7.32. The molecule has 5 nitrogen and oxygen atoms in total. The Hall–Kier alpha value is -2.58. The molecule has 1 atom stereocenters. The number of nitrogens with one attached hydrogen (secondary N) is 2. The van der Waals surface area contributed by atoms with E-state index in [0.717, 1.165) is 24.3 Å². The summed E-state index contributed by atoms with van der Waals surface area (Å²) in [4.78, 5) is 11.6. The highest BCUT2D eigenvalue weighted by atomic mass is 19.4. The molecule has 1 aromatic carbocycles. The lowest BCUT2D eigenvalue weighted by Gasteiger charge is -2.21. The zero-order valence-corrected chi connectivity index (χ0v) is 11.2. The maximum absolute atomic E-state index is 13.0. The summed E-state index contributed by atoms with van der Waals surface area (Å²) < 4.78 is 56.6. The van der Waals surface area contributed by atoms with Crippen molar-refractivity contribution in [1.82, 2.24) is 10.5 Å². The number of rotatable bonds is 3. The van der Waals surface area contributed by atoms with Gasteiger partial charge in [-0.05, 0) is 24.6 Å². The van der Waals surface area contributed by atoms with Crippen LogP contribution >= 0.6 is 0 Å². The highest BCUT2D eigenvalue weighted by Gasteiger charge is 2.42. The van der Waals surface area contributed by atoms with Crippen LogP contribution in [0.1, 0.15) is 17.4 Å². The van der Waals surface area contributed by atoms with E-state index in [2.05, 4.69) is 15.0 Å². The van der Waals surface area contributed by atoms with E-state index in [1.165, 1.54) is 6.07 Å². The minimum atomic E-state index is -4.74. The van der Waals surface area contributed by atoms with Crippen molar-refractivity contribution in [1.29, 1.82) is 0 Å². The predicted octanol–water partition coefficient (Wildman–Crippen LogP) is 3.55. The Bertz CT molecular complexity index is 652. The van der Waals surface area contributed by atoms with Crippen molar-refractivity contribution < 1.29 is 26.9 Å². The van der Waals surface area contributed by atoms with Crippen molar-refractivity contribution in [2.24, 2.45) is 0 Å². The zero-order chi connectivity index (χ0) is 16.3. The van der Waals surface area contributed by atoms with Gasteiger partial charge in [-0.15, -0.1) is 0 Å². The first kappa shape index (κ1) is 15.8. The van der Waals surface area contributed by atoms with Gasteiger partial charge in [0.2, 0.25) is 0 Å². The third-order valence-corrected chi connectivity index (χ3v) is 2.68. The Morgan fingerprint density at radius 2 is 1.91 bits per heavy atom. The van der Waals surface area contributed by atoms with E-state index in [9.17, 15) is 22.4 Å². The van der Waals surface area contributed by atoms with E-state index in [1.54, 1.807) is 12.2 Å². The van der Waals surface area contributed by atoms with E-state index in [4.69, 9.17) is 0 Å². The molecule has 0 aliphatic carbocycles. The molecule has 2 aromatic rings. The molecule has 0 saturated heterocycles. The van der Waals surface area contributed by atoms with E-state index in [-0.39, 0.29) is 11.4 Å². The first-order valence-electron chi connectivity index (χ1n) is 6.09. The lowest BCUT2D eigenvalue weighted by Crippen LogP contribution is -2.40. The number of halogens is 4. The van der Waals surface area contributed by atoms with Gasteiger partial charge in [0.1, 0.15) is 11.6 Å². The molecule has 2 N–H and O–H groups in total. The summed E-state index contributed by atoms with van der Waals surface area (Å²) in [6.45, 7) is 1.56. The first-order valence-corrected chi connectivity index (χ1v) is 6.09. The number of hydrogen-bond donors (Lipinski definition) is 2. The normalized spacial score (nSPS) is 12.8. The number of aryl methyl sites for hydroxylation is 1. The van der Waals surface area contributed by atoms with Gasteiger partial charge in [0.05, 0.1) is 0 Å². The van der Waals surface area contributed by atoms with Crippen LogP contribution in [0.25, 0.3) is 0 Å². The first-order chi connectivity index (χ1) is 10.3. The lowest BCUT2D eigenvalue weighted by atomic mass is 10.1. The Labute approximate surface area is 122 Å². The highest BCUT2D eigenvalue weighted by molar-refractivity contribution is 5.88. The minimum Gasteiger partial charge on any atom is -0.360 e. The number of aromatic nitrogens is 1. The zero-order valence-electron chi connectivity index (χ0n) is 11.2. The number of anilines is 1. The fourth-order valence-corrected chi connectivity index (χ4v) is 1.72. The number of amides is 2. The fourth-order valence-electron chi connectivity index (χ4n) is 1.72. The Balaban J connectivity index is 2.13. The molecule has 0 aliphatic rings. The van der Waals surface area contributed by atoms with Gasteiger partial charge in [-0.1, -0.05) is 17.3 Å². The van der Waals surface area contributed by atoms with Crippen LogP contribution < -0.4 is 10.6 Å². The van der Waals surface area contributed by atoms with Gasteiger partial charge in [-0.25, -0.2) is 9.18 Å². The standard InChI is InChI=1S/C13H11F4N3O2/c1-7-6-10(20-22-7)18-12(21)19-11(13(15,16)17)8-2-4-9(14)5-3-8/h2-6,11H,1H3,(H2,18,19,20,21). The highest BCUT2D eigenvalue weighted by Crippen LogP contribution is 2.32. The Kier molecular flexibility index (Phi) is 4.34. The van der Waals surface area contributed by atoms with Crippen LogP contribution in [-0.4, -0.2) is 17.4 Å². The Morgan fingerprint density at radius 1 is 1.27 bits per heavy atom. The van der Waals surface area contributed by atoms with Crippen LogP contribution in [0.15, 0.2) is 34.9 Å². The summed E-state index contributed by atoms with van der Waals surface area (Å²) in [5.74, 6) is -0.302. The van der Waals surface area contributed by atoms with Gasteiger partial charge >= 0.3 is 12.2 Å². The molecule has 0 saturated carbocycles. The number of alkyl halides is 3. The van der Waals surface area contributed by atoms with Gasteiger partial charge in [0.15, 0.2) is 11.9 Å². The quantitative estimate of drug-likeness (QED) is 0.851. The smallest absolute Gasteiger partial charge is 0.360 e.